The van der Waals surface area contributed by atoms with Gasteiger partial charge in [-0.2, -0.15) is 0 Å². The second-order valence-electron chi connectivity index (χ2n) is 6.47. The Morgan fingerprint density at radius 3 is 2.52 bits per heavy atom. The molecule has 1 aliphatic heterocycles. The molecular formula is C17H23NO3. The number of hydrogen-bond donors (Lipinski definition) is 0. The summed E-state index contributed by atoms with van der Waals surface area (Å²) in [7, 11) is 1.55. The van der Waals surface area contributed by atoms with Crippen molar-refractivity contribution in [1.29, 1.82) is 0 Å². The van der Waals surface area contributed by atoms with Crippen LogP contribution >= 0.6 is 0 Å². The highest BCUT2D eigenvalue weighted by Crippen LogP contribution is 2.29. The molecule has 0 radical (unpaired) electrons. The molecule has 1 heterocycles. The summed E-state index contributed by atoms with van der Waals surface area (Å²) < 4.78 is 5.26. The largest absolute Gasteiger partial charge is 0.496 e. The van der Waals surface area contributed by atoms with Gasteiger partial charge in [-0.15, -0.1) is 0 Å². The fourth-order valence-corrected chi connectivity index (χ4v) is 2.76. The standard InChI is InChI=1S/C17H23NO3/c1-17(2,3)15(19)13-9-7-11-18(13)16(20)12-8-5-6-10-14(12)21-4/h5-6,8,10,13H,7,9,11H2,1-4H3/t13-/m0/s1. The van der Waals surface area contributed by atoms with Crippen LogP contribution in [0.15, 0.2) is 24.3 Å². The van der Waals surface area contributed by atoms with Crippen LogP contribution in [0.2, 0.25) is 0 Å². The zero-order valence-electron chi connectivity index (χ0n) is 13.2. The molecule has 0 unspecified atom stereocenters. The first-order chi connectivity index (χ1) is 9.86. The van der Waals surface area contributed by atoms with Crippen LogP contribution in [0.4, 0.5) is 0 Å². The average molecular weight is 289 g/mol. The molecule has 4 heteroatoms. The van der Waals surface area contributed by atoms with Crippen molar-refractivity contribution in [2.45, 2.75) is 39.7 Å². The number of ketones is 1. The van der Waals surface area contributed by atoms with Crippen LogP contribution < -0.4 is 4.74 Å². The Morgan fingerprint density at radius 2 is 1.90 bits per heavy atom. The lowest BCUT2D eigenvalue weighted by molar-refractivity contribution is -0.130. The van der Waals surface area contributed by atoms with E-state index in [0.29, 0.717) is 17.9 Å². The SMILES string of the molecule is COc1ccccc1C(=O)N1CCC[C@H]1C(=O)C(C)(C)C. The van der Waals surface area contributed by atoms with Crippen molar-refractivity contribution in [1.82, 2.24) is 4.90 Å². The summed E-state index contributed by atoms with van der Waals surface area (Å²) in [6.45, 7) is 6.33. The highest BCUT2D eigenvalue weighted by atomic mass is 16.5. The Kier molecular flexibility index (Phi) is 4.35. The van der Waals surface area contributed by atoms with Crippen molar-refractivity contribution in [3.63, 3.8) is 0 Å². The highest BCUT2D eigenvalue weighted by Gasteiger charge is 2.39. The number of Topliss-reactive ketones (excluding diaryl/α,β-unsaturated/α-hetero) is 1. The molecule has 0 bridgehead atoms. The predicted octanol–water partition coefficient (Wildman–Crippen LogP) is 2.92. The topological polar surface area (TPSA) is 46.6 Å². The molecule has 1 fully saturated rings. The minimum Gasteiger partial charge on any atom is -0.496 e. The Bertz CT molecular complexity index is 545. The summed E-state index contributed by atoms with van der Waals surface area (Å²) in [5.74, 6) is 0.562. The molecule has 1 amide bonds. The molecule has 0 saturated carbocycles. The Balaban J connectivity index is 2.28. The first-order valence-corrected chi connectivity index (χ1v) is 7.34. The number of ether oxygens (including phenoxy) is 1. The molecule has 0 aromatic heterocycles. The van der Waals surface area contributed by atoms with Crippen molar-refractivity contribution in [3.8, 4) is 5.75 Å². The first kappa shape index (κ1) is 15.5. The van der Waals surface area contributed by atoms with E-state index in [1.54, 1.807) is 24.1 Å². The quantitative estimate of drug-likeness (QED) is 0.859. The van der Waals surface area contributed by atoms with E-state index in [1.807, 2.05) is 32.9 Å². The molecule has 1 aromatic carbocycles. The number of methoxy groups -OCH3 is 1. The zero-order chi connectivity index (χ0) is 15.6. The number of benzene rings is 1. The van der Waals surface area contributed by atoms with Gasteiger partial charge in [0.25, 0.3) is 5.91 Å². The van der Waals surface area contributed by atoms with E-state index in [4.69, 9.17) is 4.74 Å². The molecule has 21 heavy (non-hydrogen) atoms. The molecule has 1 aromatic rings. The molecule has 4 nitrogen and oxygen atoms in total. The predicted molar refractivity (Wildman–Crippen MR) is 81.5 cm³/mol. The maximum Gasteiger partial charge on any atom is 0.258 e. The summed E-state index contributed by atoms with van der Waals surface area (Å²) >= 11 is 0. The van der Waals surface area contributed by atoms with Gasteiger partial charge in [0.15, 0.2) is 5.78 Å². The van der Waals surface area contributed by atoms with Gasteiger partial charge < -0.3 is 9.64 Å². The number of amides is 1. The van der Waals surface area contributed by atoms with E-state index in [9.17, 15) is 9.59 Å². The van der Waals surface area contributed by atoms with Gasteiger partial charge in [0.2, 0.25) is 0 Å². The summed E-state index contributed by atoms with van der Waals surface area (Å²) in [5, 5.41) is 0. The molecule has 1 saturated heterocycles. The number of para-hydroxylation sites is 1. The van der Waals surface area contributed by atoms with E-state index >= 15 is 0 Å². The van der Waals surface area contributed by atoms with Crippen LogP contribution in [0.25, 0.3) is 0 Å². The van der Waals surface area contributed by atoms with Crippen LogP contribution in [0.3, 0.4) is 0 Å². The smallest absolute Gasteiger partial charge is 0.258 e. The molecule has 2 rings (SSSR count). The Hall–Kier alpha value is -1.84. The van der Waals surface area contributed by atoms with Gasteiger partial charge in [-0.25, -0.2) is 0 Å². The van der Waals surface area contributed by atoms with E-state index in [0.717, 1.165) is 12.8 Å². The second kappa shape index (κ2) is 5.88. The number of carbonyl (C=O) groups is 2. The monoisotopic (exact) mass is 289 g/mol. The van der Waals surface area contributed by atoms with Crippen LogP contribution in [0.1, 0.15) is 44.0 Å². The van der Waals surface area contributed by atoms with Gasteiger partial charge in [-0.05, 0) is 25.0 Å². The molecule has 0 spiro atoms. The van der Waals surface area contributed by atoms with Crippen molar-refractivity contribution < 1.29 is 14.3 Å². The van der Waals surface area contributed by atoms with Gasteiger partial charge in [0.1, 0.15) is 5.75 Å². The van der Waals surface area contributed by atoms with Crippen molar-refractivity contribution >= 4 is 11.7 Å². The summed E-state index contributed by atoms with van der Waals surface area (Å²) in [5.41, 5.74) is 0.0857. The van der Waals surface area contributed by atoms with Crippen LogP contribution in [-0.2, 0) is 4.79 Å². The van der Waals surface area contributed by atoms with Crippen molar-refractivity contribution in [2.75, 3.05) is 13.7 Å². The molecular weight excluding hydrogens is 266 g/mol. The highest BCUT2D eigenvalue weighted by molar-refractivity contribution is 6.01. The van der Waals surface area contributed by atoms with Gasteiger partial charge in [-0.1, -0.05) is 32.9 Å². The summed E-state index contributed by atoms with van der Waals surface area (Å²) in [6.07, 6.45) is 1.62. The third-order valence-corrected chi connectivity index (χ3v) is 3.89. The number of nitrogens with zero attached hydrogens (tertiary/aromatic N) is 1. The van der Waals surface area contributed by atoms with Crippen LogP contribution in [0.5, 0.6) is 5.75 Å². The van der Waals surface area contributed by atoms with Gasteiger partial charge in [0, 0.05) is 12.0 Å². The maximum atomic E-state index is 12.8. The first-order valence-electron chi connectivity index (χ1n) is 7.34. The van der Waals surface area contributed by atoms with Gasteiger partial charge in [-0.3, -0.25) is 9.59 Å². The van der Waals surface area contributed by atoms with E-state index < -0.39 is 5.41 Å². The maximum absolute atomic E-state index is 12.8. The third kappa shape index (κ3) is 3.09. The fourth-order valence-electron chi connectivity index (χ4n) is 2.76. The number of likely N-dealkylation sites (tertiary alicyclic amines) is 1. The van der Waals surface area contributed by atoms with Gasteiger partial charge >= 0.3 is 0 Å². The van der Waals surface area contributed by atoms with E-state index in [1.165, 1.54) is 0 Å². The van der Waals surface area contributed by atoms with Crippen LogP contribution in [0, 0.1) is 5.41 Å². The third-order valence-electron chi connectivity index (χ3n) is 3.89. The fraction of sp³-hybridized carbons (Fsp3) is 0.529. The second-order valence-corrected chi connectivity index (χ2v) is 6.47. The normalized spacial score (nSPS) is 18.7. The summed E-state index contributed by atoms with van der Waals surface area (Å²) in [6, 6.07) is 6.84. The summed E-state index contributed by atoms with van der Waals surface area (Å²) in [4.78, 5) is 27.0. The van der Waals surface area contributed by atoms with E-state index in [-0.39, 0.29) is 17.7 Å². The molecule has 0 aliphatic carbocycles. The van der Waals surface area contributed by atoms with Crippen LogP contribution in [-0.4, -0.2) is 36.3 Å². The van der Waals surface area contributed by atoms with Gasteiger partial charge in [0.05, 0.1) is 18.7 Å². The zero-order valence-corrected chi connectivity index (χ0v) is 13.2. The Labute approximate surface area is 126 Å². The Morgan fingerprint density at radius 1 is 1.24 bits per heavy atom. The molecule has 114 valence electrons. The lowest BCUT2D eigenvalue weighted by Crippen LogP contribution is -2.45. The number of carbonyl (C=O) groups excluding carboxylic acids is 2. The number of hydrogen-bond acceptors (Lipinski definition) is 3. The van der Waals surface area contributed by atoms with Crippen molar-refractivity contribution in [2.24, 2.45) is 5.41 Å². The minimum atomic E-state index is -0.436. The number of rotatable bonds is 3. The van der Waals surface area contributed by atoms with E-state index in [2.05, 4.69) is 0 Å². The molecule has 1 atom stereocenters. The molecule has 1 aliphatic rings. The molecule has 0 N–H and O–H groups in total. The lowest BCUT2D eigenvalue weighted by Gasteiger charge is -2.29. The van der Waals surface area contributed by atoms with Crippen molar-refractivity contribution in [3.05, 3.63) is 29.8 Å². The average Bonchev–Trinajstić information content (AvgIpc) is 2.93. The lowest BCUT2D eigenvalue weighted by atomic mass is 9.85. The minimum absolute atomic E-state index is 0.118.